The summed E-state index contributed by atoms with van der Waals surface area (Å²) in [4.78, 5) is 0. The fraction of sp³-hybridized carbons (Fsp3) is 0.538. The molecule has 0 fully saturated rings. The highest BCUT2D eigenvalue weighted by Crippen LogP contribution is 2.28. The molecule has 1 N–H and O–H groups in total. The predicted molar refractivity (Wildman–Crippen MR) is 70.9 cm³/mol. The van der Waals surface area contributed by atoms with E-state index in [-0.39, 0.29) is 12.1 Å². The van der Waals surface area contributed by atoms with Gasteiger partial charge in [-0.15, -0.1) is 0 Å². The minimum atomic E-state index is 0.0750. The third kappa shape index (κ3) is 4.19. The highest BCUT2D eigenvalue weighted by Gasteiger charge is 2.15. The van der Waals surface area contributed by atoms with Gasteiger partial charge in [-0.2, -0.15) is 0 Å². The smallest absolute Gasteiger partial charge is 0.123 e. The van der Waals surface area contributed by atoms with Crippen molar-refractivity contribution in [2.45, 2.75) is 26.0 Å². The molecule has 0 saturated carbocycles. The van der Waals surface area contributed by atoms with Gasteiger partial charge in [0.05, 0.1) is 25.9 Å². The summed E-state index contributed by atoms with van der Waals surface area (Å²) < 4.78 is 11.0. The van der Waals surface area contributed by atoms with E-state index in [1.165, 1.54) is 0 Å². The molecule has 3 nitrogen and oxygen atoms in total. The second-order valence-corrected chi connectivity index (χ2v) is 4.55. The van der Waals surface area contributed by atoms with Crippen molar-refractivity contribution in [1.29, 1.82) is 0 Å². The fourth-order valence-corrected chi connectivity index (χ4v) is 1.78. The maximum atomic E-state index is 6.01. The zero-order chi connectivity index (χ0) is 12.8. The first-order valence-corrected chi connectivity index (χ1v) is 6.08. The van der Waals surface area contributed by atoms with Crippen LogP contribution in [0, 0.1) is 0 Å². The van der Waals surface area contributed by atoms with Crippen molar-refractivity contribution in [3.8, 4) is 5.75 Å². The van der Waals surface area contributed by atoms with Crippen LogP contribution in [-0.4, -0.2) is 26.9 Å². The average molecular weight is 258 g/mol. The summed E-state index contributed by atoms with van der Waals surface area (Å²) in [6.45, 7) is 4.62. The quantitative estimate of drug-likeness (QED) is 0.850. The maximum Gasteiger partial charge on any atom is 0.123 e. The van der Waals surface area contributed by atoms with Gasteiger partial charge in [0.2, 0.25) is 0 Å². The highest BCUT2D eigenvalue weighted by atomic mass is 35.5. The lowest BCUT2D eigenvalue weighted by atomic mass is 10.1. The number of rotatable bonds is 6. The van der Waals surface area contributed by atoms with Gasteiger partial charge in [0.1, 0.15) is 5.75 Å². The standard InChI is InChI=1S/C13H20ClNO2/c1-9(2)17-8-12(15-3)11-7-10(14)5-6-13(11)16-4/h5-7,9,12,15H,8H2,1-4H3. The monoisotopic (exact) mass is 257 g/mol. The van der Waals surface area contributed by atoms with Crippen molar-refractivity contribution in [1.82, 2.24) is 5.32 Å². The predicted octanol–water partition coefficient (Wildman–Crippen LogP) is 3.03. The molecule has 1 aromatic rings. The van der Waals surface area contributed by atoms with Crippen LogP contribution < -0.4 is 10.1 Å². The summed E-state index contributed by atoms with van der Waals surface area (Å²) in [6, 6.07) is 5.67. The van der Waals surface area contributed by atoms with Crippen molar-refractivity contribution in [2.24, 2.45) is 0 Å². The first kappa shape index (κ1) is 14.3. The van der Waals surface area contributed by atoms with Gasteiger partial charge in [-0.1, -0.05) is 11.6 Å². The van der Waals surface area contributed by atoms with E-state index in [4.69, 9.17) is 21.1 Å². The molecule has 1 rings (SSSR count). The van der Waals surface area contributed by atoms with E-state index in [0.29, 0.717) is 11.6 Å². The van der Waals surface area contributed by atoms with E-state index in [2.05, 4.69) is 5.32 Å². The normalized spacial score (nSPS) is 12.8. The Morgan fingerprint density at radius 2 is 2.06 bits per heavy atom. The Morgan fingerprint density at radius 3 is 2.59 bits per heavy atom. The molecule has 0 aliphatic heterocycles. The van der Waals surface area contributed by atoms with Gasteiger partial charge in [0.25, 0.3) is 0 Å². The van der Waals surface area contributed by atoms with Crippen LogP contribution in [0.1, 0.15) is 25.5 Å². The van der Waals surface area contributed by atoms with E-state index < -0.39 is 0 Å². The molecule has 0 bridgehead atoms. The van der Waals surface area contributed by atoms with Gasteiger partial charge in [-0.25, -0.2) is 0 Å². The Morgan fingerprint density at radius 1 is 1.35 bits per heavy atom. The molecule has 17 heavy (non-hydrogen) atoms. The van der Waals surface area contributed by atoms with Gasteiger partial charge < -0.3 is 14.8 Å². The zero-order valence-electron chi connectivity index (χ0n) is 10.8. The lowest BCUT2D eigenvalue weighted by molar-refractivity contribution is 0.0621. The molecule has 1 aromatic carbocycles. The Kier molecular flexibility index (Phi) is 5.75. The van der Waals surface area contributed by atoms with Gasteiger partial charge >= 0.3 is 0 Å². The van der Waals surface area contributed by atoms with E-state index in [9.17, 15) is 0 Å². The summed E-state index contributed by atoms with van der Waals surface area (Å²) in [6.07, 6.45) is 0.205. The third-order valence-electron chi connectivity index (χ3n) is 2.51. The number of benzene rings is 1. The molecule has 0 spiro atoms. The van der Waals surface area contributed by atoms with E-state index in [1.807, 2.05) is 39.1 Å². The lowest BCUT2D eigenvalue weighted by Gasteiger charge is -2.20. The van der Waals surface area contributed by atoms with E-state index in [0.717, 1.165) is 11.3 Å². The van der Waals surface area contributed by atoms with E-state index >= 15 is 0 Å². The van der Waals surface area contributed by atoms with Crippen LogP contribution in [0.5, 0.6) is 5.75 Å². The number of hydrogen-bond donors (Lipinski definition) is 1. The zero-order valence-corrected chi connectivity index (χ0v) is 11.5. The fourth-order valence-electron chi connectivity index (χ4n) is 1.59. The first-order valence-electron chi connectivity index (χ1n) is 5.70. The molecule has 96 valence electrons. The summed E-state index contributed by atoms with van der Waals surface area (Å²) in [7, 11) is 3.55. The van der Waals surface area contributed by atoms with Gasteiger partial charge in [0, 0.05) is 10.6 Å². The van der Waals surface area contributed by atoms with Crippen molar-refractivity contribution in [3.63, 3.8) is 0 Å². The summed E-state index contributed by atoms with van der Waals surface area (Å²) in [5, 5.41) is 3.91. The molecule has 4 heteroatoms. The largest absolute Gasteiger partial charge is 0.496 e. The van der Waals surface area contributed by atoms with Gasteiger partial charge in [0.15, 0.2) is 0 Å². The number of methoxy groups -OCH3 is 1. The third-order valence-corrected chi connectivity index (χ3v) is 2.75. The average Bonchev–Trinajstić information content (AvgIpc) is 2.30. The molecule has 0 radical (unpaired) electrons. The van der Waals surface area contributed by atoms with Crippen LogP contribution in [0.15, 0.2) is 18.2 Å². The number of ether oxygens (including phenoxy) is 2. The number of nitrogens with one attached hydrogen (secondary N) is 1. The summed E-state index contributed by atoms with van der Waals surface area (Å²) in [5.74, 6) is 0.820. The second kappa shape index (κ2) is 6.84. The topological polar surface area (TPSA) is 30.5 Å². The minimum absolute atomic E-state index is 0.0750. The highest BCUT2D eigenvalue weighted by molar-refractivity contribution is 6.30. The van der Waals surface area contributed by atoms with Crippen molar-refractivity contribution < 1.29 is 9.47 Å². The summed E-state index contributed by atoms with van der Waals surface area (Å²) >= 11 is 6.01. The number of likely N-dealkylation sites (N-methyl/N-ethyl adjacent to an activating group) is 1. The Labute approximate surface area is 108 Å². The SMILES string of the molecule is CNC(COC(C)C)c1cc(Cl)ccc1OC. The van der Waals surface area contributed by atoms with Crippen LogP contribution in [0.25, 0.3) is 0 Å². The van der Waals surface area contributed by atoms with Crippen LogP contribution >= 0.6 is 11.6 Å². The molecule has 0 aromatic heterocycles. The molecule has 1 unspecified atom stereocenters. The van der Waals surface area contributed by atoms with Gasteiger partial charge in [-0.05, 0) is 39.1 Å². The van der Waals surface area contributed by atoms with Crippen LogP contribution in [0.4, 0.5) is 0 Å². The minimum Gasteiger partial charge on any atom is -0.496 e. The van der Waals surface area contributed by atoms with Crippen LogP contribution in [0.3, 0.4) is 0 Å². The number of halogens is 1. The van der Waals surface area contributed by atoms with Crippen molar-refractivity contribution >= 4 is 11.6 Å². The summed E-state index contributed by atoms with van der Waals surface area (Å²) in [5.41, 5.74) is 1.02. The molecule has 0 aliphatic carbocycles. The maximum absolute atomic E-state index is 6.01. The molecule has 0 aliphatic rings. The van der Waals surface area contributed by atoms with Crippen molar-refractivity contribution in [2.75, 3.05) is 20.8 Å². The Balaban J connectivity index is 2.89. The van der Waals surface area contributed by atoms with E-state index in [1.54, 1.807) is 7.11 Å². The molecule has 1 atom stereocenters. The molecular weight excluding hydrogens is 238 g/mol. The Hall–Kier alpha value is -0.770. The molecule has 0 amide bonds. The van der Waals surface area contributed by atoms with Crippen LogP contribution in [0.2, 0.25) is 5.02 Å². The second-order valence-electron chi connectivity index (χ2n) is 4.11. The van der Waals surface area contributed by atoms with Crippen molar-refractivity contribution in [3.05, 3.63) is 28.8 Å². The Bertz CT molecular complexity index is 355. The first-order chi connectivity index (χ1) is 8.08. The molecule has 0 heterocycles. The molecule has 0 saturated heterocycles. The molecular formula is C13H20ClNO2. The van der Waals surface area contributed by atoms with Crippen LogP contribution in [-0.2, 0) is 4.74 Å². The number of hydrogen-bond acceptors (Lipinski definition) is 3. The van der Waals surface area contributed by atoms with Gasteiger partial charge in [-0.3, -0.25) is 0 Å². The lowest BCUT2D eigenvalue weighted by Crippen LogP contribution is -2.24.